The molecular formula is C22H19NO3S2. The molecule has 6 heteroatoms. The third-order valence-electron chi connectivity index (χ3n) is 4.61. The molecule has 4 nitrogen and oxygen atoms in total. The van der Waals surface area contributed by atoms with Crippen LogP contribution in [0.5, 0.6) is 0 Å². The highest BCUT2D eigenvalue weighted by Crippen LogP contribution is 2.37. The first-order valence-electron chi connectivity index (χ1n) is 9.11. The number of aromatic nitrogens is 1. The Morgan fingerprint density at radius 2 is 1.96 bits per heavy atom. The zero-order valence-electron chi connectivity index (χ0n) is 15.4. The van der Waals surface area contributed by atoms with Crippen molar-refractivity contribution in [1.82, 2.24) is 4.98 Å². The molecule has 0 N–H and O–H groups in total. The predicted molar refractivity (Wildman–Crippen MR) is 112 cm³/mol. The summed E-state index contributed by atoms with van der Waals surface area (Å²) < 4.78 is 5.73. The fourth-order valence-corrected chi connectivity index (χ4v) is 5.04. The van der Waals surface area contributed by atoms with Crippen LogP contribution in [0.4, 0.5) is 0 Å². The molecule has 2 aromatic carbocycles. The number of thioether (sulfide) groups is 1. The van der Waals surface area contributed by atoms with E-state index in [1.54, 1.807) is 6.92 Å². The Morgan fingerprint density at radius 3 is 2.82 bits per heavy atom. The van der Waals surface area contributed by atoms with E-state index in [0.717, 1.165) is 21.9 Å². The lowest BCUT2D eigenvalue weighted by Gasteiger charge is -2.05. The molecule has 1 aromatic heterocycles. The lowest BCUT2D eigenvalue weighted by molar-refractivity contribution is -0.142. The molecule has 0 saturated carbocycles. The number of thiazole rings is 1. The van der Waals surface area contributed by atoms with Crippen molar-refractivity contribution in [1.29, 1.82) is 0 Å². The van der Waals surface area contributed by atoms with Gasteiger partial charge in [0.15, 0.2) is 10.1 Å². The molecule has 1 aliphatic rings. The number of carbonyl (C=O) groups is 2. The van der Waals surface area contributed by atoms with Gasteiger partial charge in [0.25, 0.3) is 0 Å². The molecule has 3 aromatic rings. The summed E-state index contributed by atoms with van der Waals surface area (Å²) in [5.74, 6) is 0.130. The molecule has 0 radical (unpaired) electrons. The van der Waals surface area contributed by atoms with E-state index < -0.39 is 0 Å². The van der Waals surface area contributed by atoms with E-state index in [1.165, 1.54) is 39.8 Å². The highest BCUT2D eigenvalue weighted by Gasteiger charge is 2.19. The van der Waals surface area contributed by atoms with Gasteiger partial charge in [0.1, 0.15) is 0 Å². The highest BCUT2D eigenvalue weighted by atomic mass is 32.2. The van der Waals surface area contributed by atoms with E-state index in [-0.39, 0.29) is 18.2 Å². The largest absolute Gasteiger partial charge is 0.466 e. The molecular weight excluding hydrogens is 390 g/mol. The molecule has 28 heavy (non-hydrogen) atoms. The monoisotopic (exact) mass is 409 g/mol. The van der Waals surface area contributed by atoms with Crippen molar-refractivity contribution < 1.29 is 14.3 Å². The van der Waals surface area contributed by atoms with E-state index in [0.29, 0.717) is 18.1 Å². The summed E-state index contributed by atoms with van der Waals surface area (Å²) in [7, 11) is 0. The minimum Gasteiger partial charge on any atom is -0.466 e. The number of esters is 1. The molecule has 1 heterocycles. The van der Waals surface area contributed by atoms with Gasteiger partial charge >= 0.3 is 5.97 Å². The lowest BCUT2D eigenvalue weighted by atomic mass is 10.0. The molecule has 0 unspecified atom stereocenters. The van der Waals surface area contributed by atoms with Gasteiger partial charge in [0, 0.05) is 10.9 Å². The summed E-state index contributed by atoms with van der Waals surface area (Å²) in [6.45, 7) is 2.15. The number of rotatable bonds is 7. The Balaban J connectivity index is 1.41. The molecule has 0 aliphatic heterocycles. The van der Waals surface area contributed by atoms with Gasteiger partial charge in [0.05, 0.1) is 24.5 Å². The minimum atomic E-state index is -0.279. The Morgan fingerprint density at radius 1 is 1.14 bits per heavy atom. The number of hydrogen-bond acceptors (Lipinski definition) is 6. The van der Waals surface area contributed by atoms with Gasteiger partial charge < -0.3 is 4.74 Å². The van der Waals surface area contributed by atoms with E-state index in [2.05, 4.69) is 29.2 Å². The van der Waals surface area contributed by atoms with Crippen molar-refractivity contribution in [3.63, 3.8) is 0 Å². The van der Waals surface area contributed by atoms with Crippen LogP contribution in [0.1, 0.15) is 34.1 Å². The number of ketones is 1. The van der Waals surface area contributed by atoms with Gasteiger partial charge in [-0.15, -0.1) is 11.3 Å². The molecule has 0 saturated heterocycles. The van der Waals surface area contributed by atoms with Crippen LogP contribution >= 0.6 is 23.1 Å². The SMILES string of the molecule is CCOC(=O)Cc1csc(SCC(=O)c2ccc3c(c2)-c2ccccc2C3)n1. The maximum Gasteiger partial charge on any atom is 0.311 e. The van der Waals surface area contributed by atoms with Crippen LogP contribution in [0.3, 0.4) is 0 Å². The van der Waals surface area contributed by atoms with Crippen LogP contribution < -0.4 is 0 Å². The Labute approximate surface area is 172 Å². The number of hydrogen-bond donors (Lipinski definition) is 0. The smallest absolute Gasteiger partial charge is 0.311 e. The van der Waals surface area contributed by atoms with Crippen LogP contribution in [0.2, 0.25) is 0 Å². The van der Waals surface area contributed by atoms with E-state index in [4.69, 9.17) is 4.74 Å². The third-order valence-corrected chi connectivity index (χ3v) is 6.68. The van der Waals surface area contributed by atoms with Gasteiger partial charge in [-0.05, 0) is 41.7 Å². The molecule has 4 rings (SSSR count). The Kier molecular flexibility index (Phi) is 5.59. The average Bonchev–Trinajstić information content (AvgIpc) is 3.29. The Bertz CT molecular complexity index is 1040. The number of Topliss-reactive ketones (excluding diaryl/α,β-unsaturated/α-hetero) is 1. The van der Waals surface area contributed by atoms with Crippen LogP contribution in [0.25, 0.3) is 11.1 Å². The fourth-order valence-electron chi connectivity index (χ4n) is 3.30. The number of carbonyl (C=O) groups excluding carboxylic acids is 2. The van der Waals surface area contributed by atoms with Gasteiger partial charge in [-0.3, -0.25) is 9.59 Å². The summed E-state index contributed by atoms with van der Waals surface area (Å²) in [6.07, 6.45) is 1.10. The number of nitrogens with zero attached hydrogens (tertiary/aromatic N) is 1. The first-order valence-corrected chi connectivity index (χ1v) is 11.0. The van der Waals surface area contributed by atoms with Crippen LogP contribution in [-0.2, 0) is 22.4 Å². The number of fused-ring (bicyclic) bond motifs is 3. The van der Waals surface area contributed by atoms with Crippen molar-refractivity contribution in [3.8, 4) is 11.1 Å². The molecule has 1 aliphatic carbocycles. The lowest BCUT2D eigenvalue weighted by Crippen LogP contribution is -2.07. The summed E-state index contributed by atoms with van der Waals surface area (Å²) in [5, 5.41) is 1.84. The van der Waals surface area contributed by atoms with E-state index in [9.17, 15) is 9.59 Å². The van der Waals surface area contributed by atoms with E-state index in [1.807, 2.05) is 23.6 Å². The van der Waals surface area contributed by atoms with Crippen molar-refractivity contribution in [3.05, 3.63) is 70.2 Å². The first-order chi connectivity index (χ1) is 13.6. The highest BCUT2D eigenvalue weighted by molar-refractivity contribution is 8.01. The second kappa shape index (κ2) is 8.29. The molecule has 142 valence electrons. The standard InChI is InChI=1S/C22H19NO3S2/c1-2-26-21(25)11-17-12-27-22(23-17)28-13-20(24)16-8-7-15-9-14-5-3-4-6-18(14)19(15)10-16/h3-8,10,12H,2,9,11,13H2,1H3. The summed E-state index contributed by atoms with van der Waals surface area (Å²) in [5.41, 5.74) is 6.39. The van der Waals surface area contributed by atoms with Gasteiger partial charge in [-0.25, -0.2) is 4.98 Å². The second-order valence-electron chi connectivity index (χ2n) is 6.50. The minimum absolute atomic E-state index is 0.0827. The summed E-state index contributed by atoms with van der Waals surface area (Å²) in [4.78, 5) is 28.6. The van der Waals surface area contributed by atoms with Gasteiger partial charge in [-0.1, -0.05) is 48.2 Å². The third kappa shape index (κ3) is 4.03. The number of benzene rings is 2. The second-order valence-corrected chi connectivity index (χ2v) is 8.58. The quantitative estimate of drug-likeness (QED) is 0.249. The first kappa shape index (κ1) is 18.9. The zero-order chi connectivity index (χ0) is 19.5. The molecule has 0 amide bonds. The van der Waals surface area contributed by atoms with Crippen molar-refractivity contribution >= 4 is 34.9 Å². The fraction of sp³-hybridized carbons (Fsp3) is 0.227. The number of ether oxygens (including phenoxy) is 1. The van der Waals surface area contributed by atoms with Gasteiger partial charge in [0.2, 0.25) is 0 Å². The van der Waals surface area contributed by atoms with Crippen molar-refractivity contribution in [2.24, 2.45) is 0 Å². The normalized spacial score (nSPS) is 11.8. The van der Waals surface area contributed by atoms with Crippen LogP contribution in [0, 0.1) is 0 Å². The van der Waals surface area contributed by atoms with Crippen molar-refractivity contribution in [2.45, 2.75) is 24.1 Å². The predicted octanol–water partition coefficient (Wildman–Crippen LogP) is 4.79. The maximum absolute atomic E-state index is 12.7. The van der Waals surface area contributed by atoms with Crippen LogP contribution in [0.15, 0.2) is 52.2 Å². The topological polar surface area (TPSA) is 56.3 Å². The van der Waals surface area contributed by atoms with Crippen LogP contribution in [-0.4, -0.2) is 29.1 Å². The molecule has 0 atom stereocenters. The maximum atomic E-state index is 12.7. The Hall–Kier alpha value is -2.44. The average molecular weight is 410 g/mol. The van der Waals surface area contributed by atoms with Crippen molar-refractivity contribution in [2.75, 3.05) is 12.4 Å². The molecule has 0 bridgehead atoms. The van der Waals surface area contributed by atoms with Gasteiger partial charge in [-0.2, -0.15) is 0 Å². The molecule has 0 spiro atoms. The zero-order valence-corrected chi connectivity index (χ0v) is 17.1. The summed E-state index contributed by atoms with van der Waals surface area (Å²) in [6, 6.07) is 14.3. The summed E-state index contributed by atoms with van der Waals surface area (Å²) >= 11 is 2.86. The molecule has 0 fully saturated rings. The van der Waals surface area contributed by atoms with E-state index >= 15 is 0 Å².